The van der Waals surface area contributed by atoms with Crippen LogP contribution in [0.25, 0.3) is 21.6 Å². The first kappa shape index (κ1) is 28.6. The van der Waals surface area contributed by atoms with Crippen LogP contribution in [0, 0.1) is 0 Å². The molecular weight excluding hydrogens is 502 g/mol. The average Bonchev–Trinajstić information content (AvgIpc) is 3.40. The molecule has 2 atom stereocenters. The molecule has 2 aromatic carbocycles. The van der Waals surface area contributed by atoms with E-state index in [9.17, 15) is 19.2 Å². The lowest BCUT2D eigenvalue weighted by atomic mass is 10.0. The molecule has 200 valence electrons. The van der Waals surface area contributed by atoms with Gasteiger partial charge < -0.3 is 21.5 Å². The van der Waals surface area contributed by atoms with Crippen LogP contribution in [-0.4, -0.2) is 40.9 Å². The minimum Gasteiger partial charge on any atom is -0.481 e. The topological polar surface area (TPSA) is 139 Å². The molecule has 0 aliphatic carbocycles. The third kappa shape index (κ3) is 8.55. The zero-order valence-corrected chi connectivity index (χ0v) is 22.1. The van der Waals surface area contributed by atoms with Crippen LogP contribution >= 0.6 is 11.3 Å². The van der Waals surface area contributed by atoms with Crippen LogP contribution in [-0.2, 0) is 25.6 Å². The van der Waals surface area contributed by atoms with E-state index in [1.807, 2.05) is 49.4 Å². The summed E-state index contributed by atoms with van der Waals surface area (Å²) in [6.07, 6.45) is 1.29. The molecular formula is C29H33N3O5S. The molecule has 0 aliphatic rings. The summed E-state index contributed by atoms with van der Waals surface area (Å²) in [6, 6.07) is 18.5. The Balaban J connectivity index is 1.53. The minimum atomic E-state index is -1.11. The van der Waals surface area contributed by atoms with E-state index in [0.717, 1.165) is 11.1 Å². The van der Waals surface area contributed by atoms with E-state index in [0.29, 0.717) is 19.3 Å². The van der Waals surface area contributed by atoms with Gasteiger partial charge in [-0.25, -0.2) is 0 Å². The number of thiophene rings is 1. The lowest BCUT2D eigenvalue weighted by Gasteiger charge is -2.21. The zero-order chi connectivity index (χ0) is 27.5. The SMILES string of the molecule is CCC[C@@H](NC(=O)CCc1ccc(-c2cc(-c3ccccc3)cs2)cc1)C(=O)N[C@@H](CCC(=O)O)C(N)=O. The van der Waals surface area contributed by atoms with Gasteiger partial charge in [0.2, 0.25) is 17.7 Å². The van der Waals surface area contributed by atoms with E-state index < -0.39 is 29.9 Å². The largest absolute Gasteiger partial charge is 0.481 e. The van der Waals surface area contributed by atoms with Crippen molar-refractivity contribution in [2.75, 3.05) is 0 Å². The van der Waals surface area contributed by atoms with Crippen molar-refractivity contribution in [2.24, 2.45) is 5.73 Å². The van der Waals surface area contributed by atoms with Crippen LogP contribution in [0.4, 0.5) is 0 Å². The van der Waals surface area contributed by atoms with Gasteiger partial charge in [0.15, 0.2) is 0 Å². The molecule has 0 saturated heterocycles. The molecule has 0 radical (unpaired) electrons. The van der Waals surface area contributed by atoms with Crippen LogP contribution in [0.15, 0.2) is 66.0 Å². The molecule has 8 nitrogen and oxygen atoms in total. The Morgan fingerprint density at radius 2 is 1.58 bits per heavy atom. The Labute approximate surface area is 226 Å². The first-order valence-corrected chi connectivity index (χ1v) is 13.5. The standard InChI is InChI=1S/C29H33N3O5S/c1-2-6-24(29(37)32-23(28(30)36)14-16-27(34)35)31-26(33)15-11-19-9-12-21(13-10-19)25-17-22(18-38-25)20-7-4-3-5-8-20/h3-5,7-10,12-13,17-18,23-24H,2,6,11,14-16H2,1H3,(H2,30,36)(H,31,33)(H,32,37)(H,34,35)/t23-,24+/m0/s1. The second-order valence-corrected chi connectivity index (χ2v) is 9.98. The number of nitrogens with two attached hydrogens (primary N) is 1. The number of rotatable bonds is 14. The first-order valence-electron chi connectivity index (χ1n) is 12.6. The molecule has 0 fully saturated rings. The lowest BCUT2D eigenvalue weighted by molar-refractivity contribution is -0.137. The molecule has 1 heterocycles. The Bertz CT molecular complexity index is 1240. The van der Waals surface area contributed by atoms with E-state index in [2.05, 4.69) is 34.2 Å². The van der Waals surface area contributed by atoms with Crippen molar-refractivity contribution in [3.63, 3.8) is 0 Å². The van der Waals surface area contributed by atoms with Crippen molar-refractivity contribution in [3.05, 3.63) is 71.6 Å². The van der Waals surface area contributed by atoms with Gasteiger partial charge in [-0.1, -0.05) is 67.9 Å². The summed E-state index contributed by atoms with van der Waals surface area (Å²) < 4.78 is 0. The summed E-state index contributed by atoms with van der Waals surface area (Å²) in [7, 11) is 0. The van der Waals surface area contributed by atoms with E-state index in [1.54, 1.807) is 11.3 Å². The number of nitrogens with one attached hydrogen (secondary N) is 2. The zero-order valence-electron chi connectivity index (χ0n) is 21.3. The monoisotopic (exact) mass is 535 g/mol. The molecule has 5 N–H and O–H groups in total. The second-order valence-electron chi connectivity index (χ2n) is 9.07. The van der Waals surface area contributed by atoms with Crippen LogP contribution in [0.5, 0.6) is 0 Å². The smallest absolute Gasteiger partial charge is 0.303 e. The molecule has 3 aromatic rings. The maximum atomic E-state index is 12.7. The van der Waals surface area contributed by atoms with Crippen molar-refractivity contribution in [2.45, 2.75) is 57.5 Å². The van der Waals surface area contributed by atoms with Gasteiger partial charge in [-0.2, -0.15) is 0 Å². The Morgan fingerprint density at radius 1 is 0.868 bits per heavy atom. The number of carbonyl (C=O) groups excluding carboxylic acids is 3. The molecule has 1 aromatic heterocycles. The van der Waals surface area contributed by atoms with Crippen molar-refractivity contribution in [1.29, 1.82) is 0 Å². The molecule has 0 unspecified atom stereocenters. The molecule has 9 heteroatoms. The summed E-state index contributed by atoms with van der Waals surface area (Å²) in [6.45, 7) is 1.88. The minimum absolute atomic E-state index is 0.113. The Hall–Kier alpha value is -3.98. The van der Waals surface area contributed by atoms with Gasteiger partial charge in [0.05, 0.1) is 0 Å². The number of aryl methyl sites for hydroxylation is 1. The number of benzene rings is 2. The van der Waals surface area contributed by atoms with Gasteiger partial charge >= 0.3 is 5.97 Å². The van der Waals surface area contributed by atoms with Gasteiger partial charge in [0.25, 0.3) is 0 Å². The summed E-state index contributed by atoms with van der Waals surface area (Å²) in [4.78, 5) is 48.9. The summed E-state index contributed by atoms with van der Waals surface area (Å²) >= 11 is 1.69. The van der Waals surface area contributed by atoms with E-state index >= 15 is 0 Å². The van der Waals surface area contributed by atoms with Crippen molar-refractivity contribution in [1.82, 2.24) is 10.6 Å². The molecule has 0 bridgehead atoms. The second kappa shape index (κ2) is 14.1. The number of carbonyl (C=O) groups is 4. The Kier molecular flexibility index (Phi) is 10.6. The highest BCUT2D eigenvalue weighted by Gasteiger charge is 2.25. The number of amides is 3. The van der Waals surface area contributed by atoms with Crippen molar-refractivity contribution in [3.8, 4) is 21.6 Å². The number of aliphatic carboxylic acids is 1. The number of carboxylic acid groups (broad SMARTS) is 1. The van der Waals surface area contributed by atoms with Gasteiger partial charge in [-0.05, 0) is 53.0 Å². The van der Waals surface area contributed by atoms with Crippen LogP contribution in [0.1, 0.15) is 44.6 Å². The third-order valence-electron chi connectivity index (χ3n) is 6.12. The van der Waals surface area contributed by atoms with Crippen LogP contribution in [0.3, 0.4) is 0 Å². The molecule has 0 aliphatic heterocycles. The number of primary amides is 1. The van der Waals surface area contributed by atoms with E-state index in [-0.39, 0.29) is 25.2 Å². The predicted octanol–water partition coefficient (Wildman–Crippen LogP) is 4.13. The maximum absolute atomic E-state index is 12.7. The fraction of sp³-hybridized carbons (Fsp3) is 0.310. The van der Waals surface area contributed by atoms with Gasteiger partial charge in [-0.15, -0.1) is 11.3 Å². The number of carboxylic acids is 1. The molecule has 38 heavy (non-hydrogen) atoms. The van der Waals surface area contributed by atoms with Gasteiger partial charge in [0.1, 0.15) is 12.1 Å². The fourth-order valence-corrected chi connectivity index (χ4v) is 4.94. The average molecular weight is 536 g/mol. The molecule has 0 spiro atoms. The summed E-state index contributed by atoms with van der Waals surface area (Å²) in [5.41, 5.74) is 9.77. The van der Waals surface area contributed by atoms with E-state index in [4.69, 9.17) is 10.8 Å². The quantitative estimate of drug-likeness (QED) is 0.246. The van der Waals surface area contributed by atoms with Crippen molar-refractivity contribution < 1.29 is 24.3 Å². The summed E-state index contributed by atoms with van der Waals surface area (Å²) in [5, 5.41) is 16.2. The number of hydrogen-bond acceptors (Lipinski definition) is 5. The van der Waals surface area contributed by atoms with Gasteiger partial charge in [0, 0.05) is 17.7 Å². The highest BCUT2D eigenvalue weighted by atomic mass is 32.1. The third-order valence-corrected chi connectivity index (χ3v) is 7.10. The molecule has 0 saturated carbocycles. The molecule has 3 rings (SSSR count). The lowest BCUT2D eigenvalue weighted by Crippen LogP contribution is -2.53. The van der Waals surface area contributed by atoms with Gasteiger partial charge in [-0.3, -0.25) is 19.2 Å². The van der Waals surface area contributed by atoms with Crippen LogP contribution in [0.2, 0.25) is 0 Å². The maximum Gasteiger partial charge on any atom is 0.303 e. The number of hydrogen-bond donors (Lipinski definition) is 4. The summed E-state index contributed by atoms with van der Waals surface area (Å²) in [5.74, 6) is -2.74. The predicted molar refractivity (Wildman–Crippen MR) is 148 cm³/mol. The molecule has 3 amide bonds. The highest BCUT2D eigenvalue weighted by molar-refractivity contribution is 7.14. The fourth-order valence-electron chi connectivity index (χ4n) is 4.01. The van der Waals surface area contributed by atoms with E-state index in [1.165, 1.54) is 16.0 Å². The highest BCUT2D eigenvalue weighted by Crippen LogP contribution is 2.32. The van der Waals surface area contributed by atoms with Crippen LogP contribution < -0.4 is 16.4 Å². The normalized spacial score (nSPS) is 12.3. The van der Waals surface area contributed by atoms with Crippen molar-refractivity contribution >= 4 is 35.0 Å². The Morgan fingerprint density at radius 3 is 2.21 bits per heavy atom. The first-order chi connectivity index (χ1) is 18.3.